The zero-order valence-corrected chi connectivity index (χ0v) is 14.8. The maximum Gasteiger partial charge on any atom is 0.275 e. The van der Waals surface area contributed by atoms with E-state index >= 15 is 0 Å². The summed E-state index contributed by atoms with van der Waals surface area (Å²) in [7, 11) is 1.78. The lowest BCUT2D eigenvalue weighted by Crippen LogP contribution is -2.31. The first kappa shape index (κ1) is 16.5. The highest BCUT2D eigenvalue weighted by atomic mass is 16.5. The monoisotopic (exact) mass is 351 g/mol. The van der Waals surface area contributed by atoms with Crippen molar-refractivity contribution in [2.24, 2.45) is 0 Å². The lowest BCUT2D eigenvalue weighted by Gasteiger charge is -2.24. The largest absolute Gasteiger partial charge is 0.376 e. The summed E-state index contributed by atoms with van der Waals surface area (Å²) < 4.78 is 5.48. The minimum Gasteiger partial charge on any atom is -0.376 e. The number of aromatic nitrogens is 4. The molecule has 0 radical (unpaired) electrons. The SMILES string of the molecule is C[C@H](c1cc(-c2ccccc2)n[nH]1)N(C)C(=O)c1n[nH]c2c1COCC2. The van der Waals surface area contributed by atoms with Crippen LogP contribution in [0.4, 0.5) is 0 Å². The van der Waals surface area contributed by atoms with Crippen LogP contribution < -0.4 is 0 Å². The Morgan fingerprint density at radius 1 is 1.23 bits per heavy atom. The van der Waals surface area contributed by atoms with Crippen molar-refractivity contribution in [3.05, 3.63) is 59.0 Å². The number of aromatic amines is 2. The van der Waals surface area contributed by atoms with E-state index in [4.69, 9.17) is 4.74 Å². The molecule has 1 aromatic carbocycles. The zero-order chi connectivity index (χ0) is 18.1. The second-order valence-corrected chi connectivity index (χ2v) is 6.50. The number of H-pyrrole nitrogens is 2. The van der Waals surface area contributed by atoms with Crippen LogP contribution in [0.1, 0.15) is 40.4 Å². The Labute approximate surface area is 151 Å². The van der Waals surface area contributed by atoms with E-state index in [-0.39, 0.29) is 11.9 Å². The number of benzene rings is 1. The average Bonchev–Trinajstić information content (AvgIpc) is 3.34. The molecule has 3 heterocycles. The standard InChI is InChI=1S/C19H21N5O2/c1-12(16-10-17(22-21-16)13-6-4-3-5-7-13)24(2)19(25)18-14-11-26-9-8-15(14)20-23-18/h3-7,10,12H,8-9,11H2,1-2H3,(H,20,23)(H,21,22)/t12-/m1/s1. The molecule has 2 N–H and O–H groups in total. The lowest BCUT2D eigenvalue weighted by molar-refractivity contribution is 0.0720. The fourth-order valence-electron chi connectivity index (χ4n) is 3.15. The Hall–Kier alpha value is -2.93. The number of nitrogens with one attached hydrogen (secondary N) is 2. The zero-order valence-electron chi connectivity index (χ0n) is 14.8. The van der Waals surface area contributed by atoms with E-state index in [0.29, 0.717) is 18.9 Å². The van der Waals surface area contributed by atoms with E-state index in [0.717, 1.165) is 34.6 Å². The van der Waals surface area contributed by atoms with Gasteiger partial charge in [-0.1, -0.05) is 30.3 Å². The number of nitrogens with zero attached hydrogens (tertiary/aromatic N) is 3. The van der Waals surface area contributed by atoms with Crippen molar-refractivity contribution in [2.75, 3.05) is 13.7 Å². The van der Waals surface area contributed by atoms with Gasteiger partial charge in [-0.2, -0.15) is 10.2 Å². The molecule has 4 rings (SSSR count). The van der Waals surface area contributed by atoms with Crippen LogP contribution in [0, 0.1) is 0 Å². The molecule has 0 spiro atoms. The topological polar surface area (TPSA) is 86.9 Å². The quantitative estimate of drug-likeness (QED) is 0.757. The van der Waals surface area contributed by atoms with E-state index in [1.165, 1.54) is 0 Å². The normalized spacial score (nSPS) is 14.7. The van der Waals surface area contributed by atoms with E-state index in [9.17, 15) is 4.79 Å². The number of hydrogen-bond acceptors (Lipinski definition) is 4. The van der Waals surface area contributed by atoms with Crippen molar-refractivity contribution in [2.45, 2.75) is 26.0 Å². The Kier molecular flexibility index (Phi) is 4.30. The second-order valence-electron chi connectivity index (χ2n) is 6.50. The number of hydrogen-bond donors (Lipinski definition) is 2. The third-order valence-corrected chi connectivity index (χ3v) is 4.92. The van der Waals surface area contributed by atoms with Crippen LogP contribution in [0.5, 0.6) is 0 Å². The van der Waals surface area contributed by atoms with Crippen LogP contribution in [0.2, 0.25) is 0 Å². The molecule has 1 aliphatic heterocycles. The van der Waals surface area contributed by atoms with Gasteiger partial charge in [-0.15, -0.1) is 0 Å². The van der Waals surface area contributed by atoms with Gasteiger partial charge in [0.15, 0.2) is 5.69 Å². The molecule has 0 fully saturated rings. The van der Waals surface area contributed by atoms with Crippen LogP contribution in [-0.4, -0.2) is 44.9 Å². The van der Waals surface area contributed by atoms with Gasteiger partial charge in [0.2, 0.25) is 0 Å². The highest BCUT2D eigenvalue weighted by Gasteiger charge is 2.27. The van der Waals surface area contributed by atoms with Crippen LogP contribution in [0.25, 0.3) is 11.3 Å². The molecule has 1 amide bonds. The fourth-order valence-corrected chi connectivity index (χ4v) is 3.15. The van der Waals surface area contributed by atoms with Crippen LogP contribution in [0.3, 0.4) is 0 Å². The molecule has 134 valence electrons. The third-order valence-electron chi connectivity index (χ3n) is 4.92. The first-order chi connectivity index (χ1) is 12.6. The minimum atomic E-state index is -0.163. The van der Waals surface area contributed by atoms with Crippen molar-refractivity contribution >= 4 is 5.91 Å². The molecule has 7 heteroatoms. The van der Waals surface area contributed by atoms with Crippen LogP contribution >= 0.6 is 0 Å². The number of ether oxygens (including phenoxy) is 1. The van der Waals surface area contributed by atoms with Gasteiger partial charge >= 0.3 is 0 Å². The molecule has 0 saturated carbocycles. The van der Waals surface area contributed by atoms with Gasteiger partial charge in [-0.3, -0.25) is 15.0 Å². The molecule has 2 aromatic heterocycles. The highest BCUT2D eigenvalue weighted by Crippen LogP contribution is 2.25. The number of amides is 1. The molecular weight excluding hydrogens is 330 g/mol. The third kappa shape index (κ3) is 2.90. The Morgan fingerprint density at radius 3 is 2.85 bits per heavy atom. The molecule has 1 aliphatic rings. The van der Waals surface area contributed by atoms with Gasteiger partial charge in [-0.05, 0) is 13.0 Å². The van der Waals surface area contributed by atoms with Gasteiger partial charge in [0.25, 0.3) is 5.91 Å². The van der Waals surface area contributed by atoms with Gasteiger partial charge < -0.3 is 9.64 Å². The predicted octanol–water partition coefficient (Wildman–Crippen LogP) is 2.71. The Balaban J connectivity index is 1.55. The van der Waals surface area contributed by atoms with Gasteiger partial charge in [-0.25, -0.2) is 0 Å². The number of rotatable bonds is 4. The molecule has 7 nitrogen and oxygen atoms in total. The van der Waals surface area contributed by atoms with Crippen molar-refractivity contribution in [1.82, 2.24) is 25.3 Å². The number of fused-ring (bicyclic) bond motifs is 1. The summed E-state index contributed by atoms with van der Waals surface area (Å²) in [4.78, 5) is 14.6. The van der Waals surface area contributed by atoms with Crippen LogP contribution in [-0.2, 0) is 17.8 Å². The fraction of sp³-hybridized carbons (Fsp3) is 0.316. The van der Waals surface area contributed by atoms with E-state index in [1.807, 2.05) is 43.3 Å². The summed E-state index contributed by atoms with van der Waals surface area (Å²) >= 11 is 0. The summed E-state index contributed by atoms with van der Waals surface area (Å²) in [6, 6.07) is 11.8. The Morgan fingerprint density at radius 2 is 2.04 bits per heavy atom. The van der Waals surface area contributed by atoms with E-state index < -0.39 is 0 Å². The summed E-state index contributed by atoms with van der Waals surface area (Å²) in [6.45, 7) is 3.05. The van der Waals surface area contributed by atoms with E-state index in [2.05, 4.69) is 20.4 Å². The lowest BCUT2D eigenvalue weighted by atomic mass is 10.1. The van der Waals surface area contributed by atoms with Gasteiger partial charge in [0, 0.05) is 30.3 Å². The van der Waals surface area contributed by atoms with Gasteiger partial charge in [0.05, 0.1) is 30.6 Å². The maximum atomic E-state index is 12.9. The van der Waals surface area contributed by atoms with Crippen molar-refractivity contribution in [3.63, 3.8) is 0 Å². The van der Waals surface area contributed by atoms with Crippen molar-refractivity contribution in [3.8, 4) is 11.3 Å². The summed E-state index contributed by atoms with van der Waals surface area (Å²) in [5.74, 6) is -0.128. The minimum absolute atomic E-state index is 0.128. The summed E-state index contributed by atoms with van der Waals surface area (Å²) in [6.07, 6.45) is 0.760. The molecule has 1 atom stereocenters. The summed E-state index contributed by atoms with van der Waals surface area (Å²) in [5.41, 5.74) is 5.08. The predicted molar refractivity (Wildman–Crippen MR) is 96.5 cm³/mol. The molecule has 0 saturated heterocycles. The van der Waals surface area contributed by atoms with Gasteiger partial charge in [0.1, 0.15) is 0 Å². The molecule has 0 bridgehead atoms. The van der Waals surface area contributed by atoms with E-state index in [1.54, 1.807) is 11.9 Å². The molecular formula is C19H21N5O2. The molecule has 3 aromatic rings. The average molecular weight is 351 g/mol. The second kappa shape index (κ2) is 6.76. The maximum absolute atomic E-state index is 12.9. The highest BCUT2D eigenvalue weighted by molar-refractivity contribution is 5.94. The number of carbonyl (C=O) groups excluding carboxylic acids is 1. The molecule has 26 heavy (non-hydrogen) atoms. The first-order valence-corrected chi connectivity index (χ1v) is 8.67. The number of carbonyl (C=O) groups is 1. The molecule has 0 unspecified atom stereocenters. The van der Waals surface area contributed by atoms with Crippen molar-refractivity contribution in [1.29, 1.82) is 0 Å². The molecule has 0 aliphatic carbocycles. The Bertz CT molecular complexity index is 915. The van der Waals surface area contributed by atoms with Crippen molar-refractivity contribution < 1.29 is 9.53 Å². The van der Waals surface area contributed by atoms with Crippen LogP contribution in [0.15, 0.2) is 36.4 Å². The summed E-state index contributed by atoms with van der Waals surface area (Å²) in [5, 5.41) is 14.6. The smallest absolute Gasteiger partial charge is 0.275 e. The first-order valence-electron chi connectivity index (χ1n) is 8.67.